The van der Waals surface area contributed by atoms with Crippen molar-refractivity contribution in [3.63, 3.8) is 0 Å². The summed E-state index contributed by atoms with van der Waals surface area (Å²) in [5.74, 6) is -1.87. The maximum atomic E-state index is 13.0. The van der Waals surface area contributed by atoms with E-state index in [1.54, 1.807) is 0 Å². The molecule has 1 fully saturated rings. The third-order valence-electron chi connectivity index (χ3n) is 2.90. The van der Waals surface area contributed by atoms with E-state index in [1.165, 1.54) is 6.07 Å². The molecule has 1 aromatic carbocycles. The average Bonchev–Trinajstić information content (AvgIpc) is 2.35. The monoisotopic (exact) mass is 240 g/mol. The zero-order valence-electron chi connectivity index (χ0n) is 9.42. The molecular weight excluding hydrogens is 226 g/mol. The normalized spacial score (nSPS) is 20.2. The Kier molecular flexibility index (Phi) is 3.84. The lowest BCUT2D eigenvalue weighted by Gasteiger charge is -2.21. The van der Waals surface area contributed by atoms with Gasteiger partial charge < -0.3 is 4.74 Å². The van der Waals surface area contributed by atoms with Gasteiger partial charge in [-0.2, -0.15) is 0 Å². The summed E-state index contributed by atoms with van der Waals surface area (Å²) in [4.78, 5) is 11.8. The molecule has 0 saturated carbocycles. The van der Waals surface area contributed by atoms with Crippen LogP contribution < -0.4 is 0 Å². The lowest BCUT2D eigenvalue weighted by atomic mass is 10.00. The topological polar surface area (TPSA) is 26.3 Å². The maximum Gasteiger partial charge on any atom is 0.165 e. The van der Waals surface area contributed by atoms with Gasteiger partial charge in [0.05, 0.1) is 0 Å². The average molecular weight is 240 g/mol. The molecule has 0 amide bonds. The summed E-state index contributed by atoms with van der Waals surface area (Å²) >= 11 is 0. The molecular formula is C13H14F2O2. The molecule has 1 aromatic rings. The molecule has 0 aromatic heterocycles. The quantitative estimate of drug-likeness (QED) is 0.811. The highest BCUT2D eigenvalue weighted by Crippen LogP contribution is 2.16. The van der Waals surface area contributed by atoms with E-state index in [0.29, 0.717) is 12.2 Å². The summed E-state index contributed by atoms with van der Waals surface area (Å²) in [6.07, 6.45) is 2.41. The molecule has 1 atom stereocenters. The van der Waals surface area contributed by atoms with Gasteiger partial charge in [0.25, 0.3) is 0 Å². The first-order valence-electron chi connectivity index (χ1n) is 5.75. The van der Waals surface area contributed by atoms with E-state index in [2.05, 4.69) is 0 Å². The van der Waals surface area contributed by atoms with Gasteiger partial charge in [-0.15, -0.1) is 0 Å². The fraction of sp³-hybridized carbons (Fsp3) is 0.462. The zero-order chi connectivity index (χ0) is 12.3. The van der Waals surface area contributed by atoms with Crippen molar-refractivity contribution in [1.82, 2.24) is 0 Å². The highest BCUT2D eigenvalue weighted by Gasteiger charge is 2.22. The van der Waals surface area contributed by atoms with Gasteiger partial charge in [-0.3, -0.25) is 4.79 Å². The number of rotatable bonds is 3. The fourth-order valence-electron chi connectivity index (χ4n) is 1.96. The Morgan fingerprint density at radius 2 is 2.12 bits per heavy atom. The van der Waals surface area contributed by atoms with Crippen LogP contribution in [0.3, 0.4) is 0 Å². The second-order valence-corrected chi connectivity index (χ2v) is 4.25. The Hall–Kier alpha value is -1.29. The number of carbonyl (C=O) groups excluding carboxylic acids is 1. The van der Waals surface area contributed by atoms with E-state index < -0.39 is 11.6 Å². The Bertz CT molecular complexity index is 412. The summed E-state index contributed by atoms with van der Waals surface area (Å²) in [5.41, 5.74) is 0.489. The molecule has 1 heterocycles. The van der Waals surface area contributed by atoms with Crippen molar-refractivity contribution in [2.24, 2.45) is 0 Å². The molecule has 92 valence electrons. The Morgan fingerprint density at radius 1 is 1.29 bits per heavy atom. The van der Waals surface area contributed by atoms with Gasteiger partial charge in [0.2, 0.25) is 0 Å². The minimum atomic E-state index is -0.917. The zero-order valence-corrected chi connectivity index (χ0v) is 9.42. The number of Topliss-reactive ketones (excluding diaryl/α,β-unsaturated/α-hetero) is 1. The van der Waals surface area contributed by atoms with Crippen LogP contribution in [-0.4, -0.2) is 18.5 Å². The van der Waals surface area contributed by atoms with Crippen molar-refractivity contribution in [2.75, 3.05) is 6.61 Å². The standard InChI is InChI=1S/C13H14F2O2/c14-10-5-4-9(7-11(10)15)8-12(16)13-3-1-2-6-17-13/h4-5,7,13H,1-3,6,8H2. The van der Waals surface area contributed by atoms with Crippen LogP contribution >= 0.6 is 0 Å². The van der Waals surface area contributed by atoms with Gasteiger partial charge in [0, 0.05) is 13.0 Å². The predicted octanol–water partition coefficient (Wildman–Crippen LogP) is 2.65. The maximum absolute atomic E-state index is 13.0. The minimum absolute atomic E-state index is 0.0595. The number of benzene rings is 1. The van der Waals surface area contributed by atoms with Gasteiger partial charge in [-0.25, -0.2) is 8.78 Å². The number of ether oxygens (including phenoxy) is 1. The van der Waals surface area contributed by atoms with Crippen LogP contribution in [0.25, 0.3) is 0 Å². The first kappa shape index (κ1) is 12.2. The van der Waals surface area contributed by atoms with Crippen molar-refractivity contribution < 1.29 is 18.3 Å². The van der Waals surface area contributed by atoms with Crippen LogP contribution in [0.1, 0.15) is 24.8 Å². The lowest BCUT2D eigenvalue weighted by Crippen LogP contribution is -2.29. The molecule has 17 heavy (non-hydrogen) atoms. The highest BCUT2D eigenvalue weighted by molar-refractivity contribution is 5.85. The summed E-state index contributed by atoms with van der Waals surface area (Å²) in [6.45, 7) is 0.605. The molecule has 1 saturated heterocycles. The molecule has 4 heteroatoms. The second kappa shape index (κ2) is 5.36. The van der Waals surface area contributed by atoms with E-state index in [4.69, 9.17) is 4.74 Å². The van der Waals surface area contributed by atoms with E-state index in [9.17, 15) is 13.6 Å². The molecule has 0 N–H and O–H groups in total. The molecule has 2 nitrogen and oxygen atoms in total. The van der Waals surface area contributed by atoms with Gasteiger partial charge in [0.1, 0.15) is 6.10 Å². The van der Waals surface area contributed by atoms with Crippen molar-refractivity contribution in [3.05, 3.63) is 35.4 Å². The van der Waals surface area contributed by atoms with Crippen LogP contribution in [0.4, 0.5) is 8.78 Å². The third-order valence-corrected chi connectivity index (χ3v) is 2.90. The molecule has 1 unspecified atom stereocenters. The second-order valence-electron chi connectivity index (χ2n) is 4.25. The largest absolute Gasteiger partial charge is 0.370 e. The molecule has 0 bridgehead atoms. The van der Waals surface area contributed by atoms with Crippen LogP contribution in [-0.2, 0) is 16.0 Å². The molecule has 0 spiro atoms. The first-order valence-corrected chi connectivity index (χ1v) is 5.75. The third kappa shape index (κ3) is 3.09. The Labute approximate surface area is 98.6 Å². The van der Waals surface area contributed by atoms with E-state index >= 15 is 0 Å². The number of halogens is 2. The fourth-order valence-corrected chi connectivity index (χ4v) is 1.96. The summed E-state index contributed by atoms with van der Waals surface area (Å²) in [6, 6.07) is 3.54. The molecule has 0 aliphatic carbocycles. The first-order chi connectivity index (χ1) is 8.16. The number of carbonyl (C=O) groups is 1. The van der Waals surface area contributed by atoms with Crippen LogP contribution in [0.2, 0.25) is 0 Å². The molecule has 1 aliphatic rings. The van der Waals surface area contributed by atoms with Crippen molar-refractivity contribution >= 4 is 5.78 Å². The van der Waals surface area contributed by atoms with Gasteiger partial charge in [-0.05, 0) is 37.0 Å². The van der Waals surface area contributed by atoms with Gasteiger partial charge >= 0.3 is 0 Å². The molecule has 1 aliphatic heterocycles. The molecule has 0 radical (unpaired) electrons. The predicted molar refractivity (Wildman–Crippen MR) is 58.7 cm³/mol. The lowest BCUT2D eigenvalue weighted by molar-refractivity contribution is -0.132. The smallest absolute Gasteiger partial charge is 0.165 e. The number of ketones is 1. The Balaban J connectivity index is 1.99. The van der Waals surface area contributed by atoms with Crippen LogP contribution in [0.15, 0.2) is 18.2 Å². The van der Waals surface area contributed by atoms with E-state index in [1.807, 2.05) is 0 Å². The SMILES string of the molecule is O=C(Cc1ccc(F)c(F)c1)C1CCCCO1. The van der Waals surface area contributed by atoms with Gasteiger partial charge in [-0.1, -0.05) is 6.07 Å². The van der Waals surface area contributed by atoms with E-state index in [-0.39, 0.29) is 18.3 Å². The highest BCUT2D eigenvalue weighted by atomic mass is 19.2. The van der Waals surface area contributed by atoms with Gasteiger partial charge in [0.15, 0.2) is 17.4 Å². The van der Waals surface area contributed by atoms with E-state index in [0.717, 1.165) is 31.4 Å². The van der Waals surface area contributed by atoms with Crippen molar-refractivity contribution in [2.45, 2.75) is 31.8 Å². The summed E-state index contributed by atoms with van der Waals surface area (Å²) < 4.78 is 31.0. The minimum Gasteiger partial charge on any atom is -0.370 e. The van der Waals surface area contributed by atoms with Crippen molar-refractivity contribution in [1.29, 1.82) is 0 Å². The Morgan fingerprint density at radius 3 is 2.76 bits per heavy atom. The van der Waals surface area contributed by atoms with Crippen LogP contribution in [0.5, 0.6) is 0 Å². The number of hydrogen-bond donors (Lipinski definition) is 0. The summed E-state index contributed by atoms with van der Waals surface area (Å²) in [7, 11) is 0. The number of hydrogen-bond acceptors (Lipinski definition) is 2. The summed E-state index contributed by atoms with van der Waals surface area (Å²) in [5, 5.41) is 0. The van der Waals surface area contributed by atoms with Crippen molar-refractivity contribution in [3.8, 4) is 0 Å². The van der Waals surface area contributed by atoms with Crippen LogP contribution in [0, 0.1) is 11.6 Å². The molecule has 2 rings (SSSR count).